The van der Waals surface area contributed by atoms with E-state index in [1.54, 1.807) is 12.1 Å². The third-order valence-electron chi connectivity index (χ3n) is 4.02. The summed E-state index contributed by atoms with van der Waals surface area (Å²) in [5.41, 5.74) is 2.19. The minimum Gasteiger partial charge on any atom is -0.491 e. The Morgan fingerprint density at radius 3 is 1.96 bits per heavy atom. The average molecular weight is 366 g/mol. The molecule has 0 amide bonds. The van der Waals surface area contributed by atoms with Gasteiger partial charge >= 0.3 is 0 Å². The Hall–Kier alpha value is -2.85. The van der Waals surface area contributed by atoms with Crippen LogP contribution in [-0.2, 0) is 17.8 Å². The zero-order valence-electron chi connectivity index (χ0n) is 15.1. The molecule has 0 aliphatic heterocycles. The standard InChI is InChI=1S/C23H23FO3/c24-21-8-6-19(7-9-21)14-15-25-16-17-26-22-10-12-23(13-11-22)27-18-20-4-2-1-3-5-20/h1-13H,14-18H2. The molecule has 3 nitrogen and oxygen atoms in total. The van der Waals surface area contributed by atoms with E-state index in [2.05, 4.69) is 0 Å². The molecular weight excluding hydrogens is 343 g/mol. The summed E-state index contributed by atoms with van der Waals surface area (Å²) >= 11 is 0. The van der Waals surface area contributed by atoms with E-state index in [-0.39, 0.29) is 5.82 Å². The molecule has 0 aliphatic rings. The highest BCUT2D eigenvalue weighted by molar-refractivity contribution is 5.31. The lowest BCUT2D eigenvalue weighted by Crippen LogP contribution is -2.08. The molecule has 0 radical (unpaired) electrons. The van der Waals surface area contributed by atoms with Gasteiger partial charge in [-0.15, -0.1) is 0 Å². The molecule has 0 atom stereocenters. The van der Waals surface area contributed by atoms with Gasteiger partial charge < -0.3 is 14.2 Å². The molecule has 0 N–H and O–H groups in total. The van der Waals surface area contributed by atoms with E-state index in [9.17, 15) is 4.39 Å². The predicted octanol–water partition coefficient (Wildman–Crippen LogP) is 5.04. The van der Waals surface area contributed by atoms with Crippen LogP contribution in [0.15, 0.2) is 78.9 Å². The van der Waals surface area contributed by atoms with E-state index in [4.69, 9.17) is 14.2 Å². The van der Waals surface area contributed by atoms with Crippen LogP contribution in [0.3, 0.4) is 0 Å². The van der Waals surface area contributed by atoms with Gasteiger partial charge in [0.15, 0.2) is 0 Å². The highest BCUT2D eigenvalue weighted by Crippen LogP contribution is 2.18. The quantitative estimate of drug-likeness (QED) is 0.470. The zero-order valence-corrected chi connectivity index (χ0v) is 15.1. The SMILES string of the molecule is Fc1ccc(CCOCCOc2ccc(OCc3ccccc3)cc2)cc1. The minimum atomic E-state index is -0.218. The first-order chi connectivity index (χ1) is 13.3. The Balaban J connectivity index is 1.30. The molecule has 0 aliphatic carbocycles. The van der Waals surface area contributed by atoms with Gasteiger partial charge in [0, 0.05) is 0 Å². The van der Waals surface area contributed by atoms with E-state index in [1.165, 1.54) is 12.1 Å². The van der Waals surface area contributed by atoms with Crippen molar-refractivity contribution in [1.82, 2.24) is 0 Å². The molecule has 0 bridgehead atoms. The van der Waals surface area contributed by atoms with Crippen molar-refractivity contribution in [1.29, 1.82) is 0 Å². The van der Waals surface area contributed by atoms with E-state index in [0.29, 0.717) is 26.4 Å². The van der Waals surface area contributed by atoms with Crippen molar-refractivity contribution < 1.29 is 18.6 Å². The Bertz CT molecular complexity index is 786. The van der Waals surface area contributed by atoms with E-state index in [1.807, 2.05) is 54.6 Å². The molecular formula is C23H23FO3. The van der Waals surface area contributed by atoms with Gasteiger partial charge in [0.05, 0.1) is 13.2 Å². The topological polar surface area (TPSA) is 27.7 Å². The van der Waals surface area contributed by atoms with Gasteiger partial charge in [-0.05, 0) is 53.9 Å². The smallest absolute Gasteiger partial charge is 0.123 e. The van der Waals surface area contributed by atoms with Crippen LogP contribution in [0, 0.1) is 5.82 Å². The summed E-state index contributed by atoms with van der Waals surface area (Å²) in [6.07, 6.45) is 0.758. The maximum absolute atomic E-state index is 12.8. The van der Waals surface area contributed by atoms with Gasteiger partial charge in [0.2, 0.25) is 0 Å². The van der Waals surface area contributed by atoms with Gasteiger partial charge in [-0.25, -0.2) is 4.39 Å². The number of halogens is 1. The molecule has 0 fully saturated rings. The Labute approximate surface area is 159 Å². The predicted molar refractivity (Wildman–Crippen MR) is 104 cm³/mol. The van der Waals surface area contributed by atoms with E-state index < -0.39 is 0 Å². The number of hydrogen-bond donors (Lipinski definition) is 0. The summed E-state index contributed by atoms with van der Waals surface area (Å²) in [7, 11) is 0. The highest BCUT2D eigenvalue weighted by atomic mass is 19.1. The molecule has 0 aromatic heterocycles. The maximum atomic E-state index is 12.8. The molecule has 0 heterocycles. The monoisotopic (exact) mass is 366 g/mol. The Morgan fingerprint density at radius 1 is 0.593 bits per heavy atom. The fourth-order valence-corrected chi connectivity index (χ4v) is 2.53. The number of rotatable bonds is 10. The second-order valence-corrected chi connectivity index (χ2v) is 6.08. The lowest BCUT2D eigenvalue weighted by Gasteiger charge is -2.09. The fourth-order valence-electron chi connectivity index (χ4n) is 2.53. The van der Waals surface area contributed by atoms with Gasteiger partial charge in [0.1, 0.15) is 30.5 Å². The van der Waals surface area contributed by atoms with Crippen LogP contribution < -0.4 is 9.47 Å². The van der Waals surface area contributed by atoms with Crippen molar-refractivity contribution in [2.75, 3.05) is 19.8 Å². The summed E-state index contributed by atoms with van der Waals surface area (Å²) in [5.74, 6) is 1.37. The third-order valence-corrected chi connectivity index (χ3v) is 4.02. The Kier molecular flexibility index (Phi) is 7.25. The molecule has 3 aromatic carbocycles. The van der Waals surface area contributed by atoms with Gasteiger partial charge in [-0.1, -0.05) is 42.5 Å². The van der Waals surface area contributed by atoms with Crippen molar-refractivity contribution >= 4 is 0 Å². The first-order valence-electron chi connectivity index (χ1n) is 9.01. The fraction of sp³-hybridized carbons (Fsp3) is 0.217. The van der Waals surface area contributed by atoms with Crippen molar-refractivity contribution in [2.45, 2.75) is 13.0 Å². The van der Waals surface area contributed by atoms with Crippen LogP contribution >= 0.6 is 0 Å². The van der Waals surface area contributed by atoms with E-state index >= 15 is 0 Å². The summed E-state index contributed by atoms with van der Waals surface area (Å²) in [5, 5.41) is 0. The third kappa shape index (κ3) is 6.76. The first-order valence-corrected chi connectivity index (χ1v) is 9.01. The normalized spacial score (nSPS) is 10.6. The number of ether oxygens (including phenoxy) is 3. The highest BCUT2D eigenvalue weighted by Gasteiger charge is 1.99. The Morgan fingerprint density at radius 2 is 1.26 bits per heavy atom. The number of hydrogen-bond acceptors (Lipinski definition) is 3. The van der Waals surface area contributed by atoms with Crippen molar-refractivity contribution in [2.24, 2.45) is 0 Å². The molecule has 140 valence electrons. The summed E-state index contributed by atoms with van der Waals surface area (Å²) in [4.78, 5) is 0. The van der Waals surface area contributed by atoms with Gasteiger partial charge in [-0.3, -0.25) is 0 Å². The summed E-state index contributed by atoms with van der Waals surface area (Å²) in [6.45, 7) is 2.12. The lowest BCUT2D eigenvalue weighted by atomic mass is 10.2. The zero-order chi connectivity index (χ0) is 18.7. The lowest BCUT2D eigenvalue weighted by molar-refractivity contribution is 0.102. The molecule has 0 unspecified atom stereocenters. The summed E-state index contributed by atoms with van der Waals surface area (Å²) < 4.78 is 29.8. The van der Waals surface area contributed by atoms with Crippen LogP contribution in [0.4, 0.5) is 4.39 Å². The first kappa shape index (κ1) is 18.9. The molecule has 3 aromatic rings. The molecule has 0 spiro atoms. The molecule has 4 heteroatoms. The second kappa shape index (κ2) is 10.3. The van der Waals surface area contributed by atoms with Gasteiger partial charge in [-0.2, -0.15) is 0 Å². The van der Waals surface area contributed by atoms with Crippen LogP contribution in [-0.4, -0.2) is 19.8 Å². The van der Waals surface area contributed by atoms with Gasteiger partial charge in [0.25, 0.3) is 0 Å². The van der Waals surface area contributed by atoms with Crippen LogP contribution in [0.1, 0.15) is 11.1 Å². The largest absolute Gasteiger partial charge is 0.491 e. The van der Waals surface area contributed by atoms with E-state index in [0.717, 1.165) is 29.0 Å². The van der Waals surface area contributed by atoms with Crippen LogP contribution in [0.2, 0.25) is 0 Å². The van der Waals surface area contributed by atoms with Crippen molar-refractivity contribution in [3.63, 3.8) is 0 Å². The molecule has 27 heavy (non-hydrogen) atoms. The summed E-state index contributed by atoms with van der Waals surface area (Å²) in [6, 6.07) is 24.1. The van der Waals surface area contributed by atoms with Crippen molar-refractivity contribution in [3.8, 4) is 11.5 Å². The second-order valence-electron chi connectivity index (χ2n) is 6.08. The van der Waals surface area contributed by atoms with Crippen molar-refractivity contribution in [3.05, 3.63) is 95.8 Å². The average Bonchev–Trinajstić information content (AvgIpc) is 2.72. The molecule has 0 saturated carbocycles. The molecule has 0 saturated heterocycles. The van der Waals surface area contributed by atoms with Crippen LogP contribution in [0.25, 0.3) is 0 Å². The minimum absolute atomic E-state index is 0.218. The van der Waals surface area contributed by atoms with Crippen LogP contribution in [0.5, 0.6) is 11.5 Å². The molecule has 3 rings (SSSR count). The maximum Gasteiger partial charge on any atom is 0.123 e. The number of benzene rings is 3.